The highest BCUT2D eigenvalue weighted by atomic mass is 35.5. The van der Waals surface area contributed by atoms with Crippen LogP contribution in [0.15, 0.2) is 36.4 Å². The predicted octanol–water partition coefficient (Wildman–Crippen LogP) is 4.24. The summed E-state index contributed by atoms with van der Waals surface area (Å²) in [6, 6.07) is 10.2. The summed E-state index contributed by atoms with van der Waals surface area (Å²) in [5, 5.41) is 0.896. The number of carbonyl (C=O) groups excluding carboxylic acids is 1. The molecule has 0 atom stereocenters. The number of esters is 1. The third-order valence-corrected chi connectivity index (χ3v) is 3.61. The van der Waals surface area contributed by atoms with Crippen molar-refractivity contribution < 1.29 is 9.53 Å². The number of aryl methyl sites for hydroxylation is 1. The molecule has 104 valence electrons. The van der Waals surface area contributed by atoms with Crippen LogP contribution in [0, 0.1) is 6.92 Å². The lowest BCUT2D eigenvalue weighted by Gasteiger charge is -2.07. The Kier molecular flexibility index (Phi) is 4.53. The second-order valence-electron chi connectivity index (χ2n) is 4.40. The van der Waals surface area contributed by atoms with E-state index in [1.165, 1.54) is 0 Å². The fraction of sp³-hybridized carbons (Fsp3) is 0.133. The van der Waals surface area contributed by atoms with Crippen LogP contribution in [0.5, 0.6) is 0 Å². The normalized spacial score (nSPS) is 10.3. The Morgan fingerprint density at radius 1 is 1.15 bits per heavy atom. The third kappa shape index (κ3) is 3.44. The van der Waals surface area contributed by atoms with E-state index in [0.29, 0.717) is 21.3 Å². The molecule has 2 rings (SSSR count). The smallest absolute Gasteiger partial charge is 0.338 e. The molecule has 2 N–H and O–H groups in total. The number of anilines is 1. The lowest BCUT2D eigenvalue weighted by molar-refractivity contribution is 0.0473. The molecule has 5 heteroatoms. The van der Waals surface area contributed by atoms with Crippen LogP contribution in [-0.4, -0.2) is 5.97 Å². The summed E-state index contributed by atoms with van der Waals surface area (Å²) < 4.78 is 5.21. The van der Waals surface area contributed by atoms with Crippen LogP contribution in [0.2, 0.25) is 10.0 Å². The Labute approximate surface area is 127 Å². The fourth-order valence-corrected chi connectivity index (χ4v) is 1.95. The first-order valence-electron chi connectivity index (χ1n) is 5.94. The molecular formula is C15H13Cl2NO2. The van der Waals surface area contributed by atoms with Crippen LogP contribution < -0.4 is 5.73 Å². The van der Waals surface area contributed by atoms with Gasteiger partial charge in [0.15, 0.2) is 0 Å². The van der Waals surface area contributed by atoms with Gasteiger partial charge in [0.25, 0.3) is 0 Å². The van der Waals surface area contributed by atoms with E-state index in [1.807, 2.05) is 6.92 Å². The number of rotatable bonds is 3. The quantitative estimate of drug-likeness (QED) is 0.681. The molecule has 0 aliphatic heterocycles. The zero-order chi connectivity index (χ0) is 14.7. The van der Waals surface area contributed by atoms with Crippen molar-refractivity contribution in [3.63, 3.8) is 0 Å². The molecular weight excluding hydrogens is 297 g/mol. The van der Waals surface area contributed by atoms with E-state index < -0.39 is 5.97 Å². The van der Waals surface area contributed by atoms with E-state index in [4.69, 9.17) is 33.7 Å². The maximum atomic E-state index is 11.9. The number of hydrogen-bond donors (Lipinski definition) is 1. The van der Waals surface area contributed by atoms with E-state index in [1.54, 1.807) is 36.4 Å². The lowest BCUT2D eigenvalue weighted by Crippen LogP contribution is -2.06. The van der Waals surface area contributed by atoms with Crippen molar-refractivity contribution in [3.05, 3.63) is 63.1 Å². The molecule has 0 spiro atoms. The largest absolute Gasteiger partial charge is 0.457 e. The molecule has 0 bridgehead atoms. The summed E-state index contributed by atoms with van der Waals surface area (Å²) in [6.07, 6.45) is 0. The Morgan fingerprint density at radius 2 is 1.90 bits per heavy atom. The Bertz CT molecular complexity index is 656. The average molecular weight is 310 g/mol. The zero-order valence-corrected chi connectivity index (χ0v) is 12.3. The number of benzene rings is 2. The van der Waals surface area contributed by atoms with Crippen LogP contribution in [0.3, 0.4) is 0 Å². The number of hydrogen-bond acceptors (Lipinski definition) is 3. The molecule has 0 aliphatic rings. The van der Waals surface area contributed by atoms with Gasteiger partial charge in [-0.25, -0.2) is 4.79 Å². The second-order valence-corrected chi connectivity index (χ2v) is 5.21. The summed E-state index contributed by atoms with van der Waals surface area (Å²) in [4.78, 5) is 11.9. The minimum Gasteiger partial charge on any atom is -0.457 e. The van der Waals surface area contributed by atoms with Crippen LogP contribution in [0.1, 0.15) is 21.5 Å². The Hall–Kier alpha value is -1.71. The Balaban J connectivity index is 2.04. The summed E-state index contributed by atoms with van der Waals surface area (Å²) >= 11 is 11.7. The number of ether oxygens (including phenoxy) is 1. The highest BCUT2D eigenvalue weighted by Gasteiger charge is 2.09. The molecule has 2 aromatic carbocycles. The first-order chi connectivity index (χ1) is 9.47. The van der Waals surface area contributed by atoms with Gasteiger partial charge in [-0.2, -0.15) is 0 Å². The van der Waals surface area contributed by atoms with Gasteiger partial charge >= 0.3 is 5.97 Å². The molecule has 20 heavy (non-hydrogen) atoms. The lowest BCUT2D eigenvalue weighted by atomic mass is 10.1. The van der Waals surface area contributed by atoms with Gasteiger partial charge in [0.1, 0.15) is 6.61 Å². The number of nitrogens with two attached hydrogens (primary N) is 1. The van der Waals surface area contributed by atoms with Crippen molar-refractivity contribution in [1.82, 2.24) is 0 Å². The van der Waals surface area contributed by atoms with Crippen LogP contribution in [-0.2, 0) is 11.3 Å². The van der Waals surface area contributed by atoms with Crippen molar-refractivity contribution in [1.29, 1.82) is 0 Å². The van der Waals surface area contributed by atoms with Crippen LogP contribution >= 0.6 is 23.2 Å². The summed E-state index contributed by atoms with van der Waals surface area (Å²) in [7, 11) is 0. The standard InChI is InChI=1S/C15H13Cl2NO2/c1-9-2-4-11(7-14(9)18)15(19)20-8-10-3-5-12(16)13(17)6-10/h2-7H,8,18H2,1H3. The predicted molar refractivity (Wildman–Crippen MR) is 81.2 cm³/mol. The molecule has 2 aromatic rings. The van der Waals surface area contributed by atoms with Gasteiger partial charge in [0.05, 0.1) is 15.6 Å². The van der Waals surface area contributed by atoms with E-state index in [9.17, 15) is 4.79 Å². The Morgan fingerprint density at radius 3 is 2.55 bits per heavy atom. The van der Waals surface area contributed by atoms with Crippen molar-refractivity contribution in [2.24, 2.45) is 0 Å². The molecule has 0 unspecified atom stereocenters. The molecule has 0 radical (unpaired) electrons. The van der Waals surface area contributed by atoms with Crippen molar-refractivity contribution in [3.8, 4) is 0 Å². The van der Waals surface area contributed by atoms with Crippen molar-refractivity contribution in [2.45, 2.75) is 13.5 Å². The molecule has 0 amide bonds. The number of carbonyl (C=O) groups is 1. The van der Waals surface area contributed by atoms with E-state index in [2.05, 4.69) is 0 Å². The molecule has 3 nitrogen and oxygen atoms in total. The topological polar surface area (TPSA) is 52.3 Å². The van der Waals surface area contributed by atoms with E-state index in [-0.39, 0.29) is 6.61 Å². The molecule has 0 aromatic heterocycles. The minimum absolute atomic E-state index is 0.128. The monoisotopic (exact) mass is 309 g/mol. The van der Waals surface area contributed by atoms with Crippen molar-refractivity contribution in [2.75, 3.05) is 5.73 Å². The molecule has 0 aliphatic carbocycles. The second kappa shape index (κ2) is 6.16. The summed E-state index contributed by atoms with van der Waals surface area (Å²) in [5.74, 6) is -0.428. The molecule has 0 saturated carbocycles. The number of nitrogen functional groups attached to an aromatic ring is 1. The molecule has 0 heterocycles. The third-order valence-electron chi connectivity index (χ3n) is 2.87. The zero-order valence-electron chi connectivity index (χ0n) is 10.8. The van der Waals surface area contributed by atoms with Gasteiger partial charge in [-0.05, 0) is 42.3 Å². The van der Waals surface area contributed by atoms with Crippen LogP contribution in [0.4, 0.5) is 5.69 Å². The van der Waals surface area contributed by atoms with Gasteiger partial charge in [0.2, 0.25) is 0 Å². The SMILES string of the molecule is Cc1ccc(C(=O)OCc2ccc(Cl)c(Cl)c2)cc1N. The summed E-state index contributed by atoms with van der Waals surface area (Å²) in [5.41, 5.74) is 8.44. The fourth-order valence-electron chi connectivity index (χ4n) is 1.63. The highest BCUT2D eigenvalue weighted by molar-refractivity contribution is 6.42. The minimum atomic E-state index is -0.428. The van der Waals surface area contributed by atoms with Gasteiger partial charge in [0, 0.05) is 5.69 Å². The maximum absolute atomic E-state index is 11.9. The van der Waals surface area contributed by atoms with Gasteiger partial charge in [-0.1, -0.05) is 35.3 Å². The van der Waals surface area contributed by atoms with Crippen molar-refractivity contribution >= 4 is 34.9 Å². The first-order valence-corrected chi connectivity index (χ1v) is 6.70. The highest BCUT2D eigenvalue weighted by Crippen LogP contribution is 2.23. The van der Waals surface area contributed by atoms with Gasteiger partial charge in [-0.3, -0.25) is 0 Å². The number of halogens is 2. The maximum Gasteiger partial charge on any atom is 0.338 e. The van der Waals surface area contributed by atoms with Gasteiger partial charge < -0.3 is 10.5 Å². The summed E-state index contributed by atoms with van der Waals surface area (Å²) in [6.45, 7) is 2.00. The molecule has 0 saturated heterocycles. The molecule has 0 fully saturated rings. The first kappa shape index (κ1) is 14.7. The van der Waals surface area contributed by atoms with E-state index >= 15 is 0 Å². The van der Waals surface area contributed by atoms with E-state index in [0.717, 1.165) is 11.1 Å². The van der Waals surface area contributed by atoms with Crippen LogP contribution in [0.25, 0.3) is 0 Å². The average Bonchev–Trinajstić information content (AvgIpc) is 2.43. The van der Waals surface area contributed by atoms with Gasteiger partial charge in [-0.15, -0.1) is 0 Å².